The molecule has 0 heteroatoms. The fraction of sp³-hybridized carbons (Fsp3) is 1.00. The maximum Gasteiger partial charge on any atom is -0.0272 e. The van der Waals surface area contributed by atoms with Crippen molar-refractivity contribution in [1.82, 2.24) is 0 Å². The zero-order chi connectivity index (χ0) is 9.90. The van der Waals surface area contributed by atoms with Gasteiger partial charge in [0.2, 0.25) is 0 Å². The van der Waals surface area contributed by atoms with Gasteiger partial charge in [0.25, 0.3) is 0 Å². The molecule has 0 spiro atoms. The van der Waals surface area contributed by atoms with Crippen LogP contribution in [0.2, 0.25) is 0 Å². The first-order chi connectivity index (χ1) is 6.23. The van der Waals surface area contributed by atoms with Crippen molar-refractivity contribution < 1.29 is 0 Å². The summed E-state index contributed by atoms with van der Waals surface area (Å²) in [4.78, 5) is 0. The third-order valence-corrected chi connectivity index (χ3v) is 4.52. The summed E-state index contributed by atoms with van der Waals surface area (Å²) >= 11 is 0. The molecule has 3 atom stereocenters. The van der Waals surface area contributed by atoms with Crippen LogP contribution in [0.1, 0.15) is 66.2 Å². The first-order valence-corrected chi connectivity index (χ1v) is 6.23. The van der Waals surface area contributed by atoms with Crippen molar-refractivity contribution >= 4 is 0 Å². The van der Waals surface area contributed by atoms with Gasteiger partial charge >= 0.3 is 0 Å². The van der Waals surface area contributed by atoms with Crippen molar-refractivity contribution in [3.63, 3.8) is 0 Å². The van der Waals surface area contributed by atoms with Crippen molar-refractivity contribution in [3.8, 4) is 0 Å². The minimum Gasteiger partial charge on any atom is -0.0683 e. The van der Waals surface area contributed by atoms with Gasteiger partial charge in [-0.3, -0.25) is 0 Å². The molecule has 2 aliphatic carbocycles. The number of fused-ring (bicyclic) bond motifs is 1. The molecule has 0 amide bonds. The van der Waals surface area contributed by atoms with Gasteiger partial charge in [0.15, 0.2) is 0 Å². The van der Waals surface area contributed by atoms with E-state index in [0.29, 0.717) is 0 Å². The average Bonchev–Trinajstić information content (AvgIpc) is 2.47. The fourth-order valence-corrected chi connectivity index (χ4v) is 3.33. The Hall–Kier alpha value is 0. The molecular weight excluding hydrogens is 156 g/mol. The van der Waals surface area contributed by atoms with Crippen molar-refractivity contribution in [2.45, 2.75) is 66.2 Å². The zero-order valence-corrected chi connectivity index (χ0v) is 9.90. The summed E-state index contributed by atoms with van der Waals surface area (Å²) in [5, 5.41) is 0. The standard InChI is InChI=1S/C11H20.C2H6/c1-9-6-7-10-5-3-4-8-11(9,10)2;1-2/h9-10H,3-8H2,1-2H3;1-2H3. The molecule has 78 valence electrons. The second kappa shape index (κ2) is 4.48. The molecule has 13 heavy (non-hydrogen) atoms. The Morgan fingerprint density at radius 1 is 1.00 bits per heavy atom. The van der Waals surface area contributed by atoms with E-state index in [1.165, 1.54) is 38.5 Å². The minimum absolute atomic E-state index is 0.748. The molecule has 0 nitrogen and oxygen atoms in total. The van der Waals surface area contributed by atoms with Crippen LogP contribution in [0.4, 0.5) is 0 Å². The number of rotatable bonds is 0. The molecule has 0 radical (unpaired) electrons. The van der Waals surface area contributed by atoms with Gasteiger partial charge in [-0.15, -0.1) is 0 Å². The van der Waals surface area contributed by atoms with Crippen LogP contribution in [0.25, 0.3) is 0 Å². The quantitative estimate of drug-likeness (QED) is 0.512. The van der Waals surface area contributed by atoms with Gasteiger partial charge in [-0.25, -0.2) is 0 Å². The van der Waals surface area contributed by atoms with Crippen LogP contribution in [0, 0.1) is 17.3 Å². The van der Waals surface area contributed by atoms with Crippen LogP contribution in [-0.4, -0.2) is 0 Å². The van der Waals surface area contributed by atoms with Crippen molar-refractivity contribution in [1.29, 1.82) is 0 Å². The number of hydrogen-bond acceptors (Lipinski definition) is 0. The molecule has 0 aromatic carbocycles. The van der Waals surface area contributed by atoms with Gasteiger partial charge in [0.1, 0.15) is 0 Å². The van der Waals surface area contributed by atoms with Gasteiger partial charge in [-0.1, -0.05) is 40.5 Å². The highest BCUT2D eigenvalue weighted by atomic mass is 14.5. The second-order valence-corrected chi connectivity index (χ2v) is 4.93. The smallest absolute Gasteiger partial charge is 0.0272 e. The Balaban J connectivity index is 0.000000396. The van der Waals surface area contributed by atoms with Gasteiger partial charge in [-0.05, 0) is 42.9 Å². The molecule has 2 rings (SSSR count). The van der Waals surface area contributed by atoms with Crippen molar-refractivity contribution in [3.05, 3.63) is 0 Å². The summed E-state index contributed by atoms with van der Waals surface area (Å²) in [6.45, 7) is 9.00. The van der Waals surface area contributed by atoms with Crippen LogP contribution in [0.3, 0.4) is 0 Å². The Kier molecular flexibility index (Phi) is 3.82. The molecular formula is C13H26. The van der Waals surface area contributed by atoms with Gasteiger partial charge < -0.3 is 0 Å². The van der Waals surface area contributed by atoms with Gasteiger partial charge in [0.05, 0.1) is 0 Å². The van der Waals surface area contributed by atoms with E-state index in [2.05, 4.69) is 13.8 Å². The zero-order valence-electron chi connectivity index (χ0n) is 9.90. The molecule has 2 saturated carbocycles. The van der Waals surface area contributed by atoms with Crippen LogP contribution in [0.5, 0.6) is 0 Å². The molecule has 0 N–H and O–H groups in total. The van der Waals surface area contributed by atoms with Crippen LogP contribution < -0.4 is 0 Å². The lowest BCUT2D eigenvalue weighted by molar-refractivity contribution is 0.109. The third-order valence-electron chi connectivity index (χ3n) is 4.52. The lowest BCUT2D eigenvalue weighted by atomic mass is 9.66. The Morgan fingerprint density at radius 2 is 1.69 bits per heavy atom. The molecule has 3 unspecified atom stereocenters. The van der Waals surface area contributed by atoms with E-state index < -0.39 is 0 Å². The molecule has 0 aliphatic heterocycles. The lowest BCUT2D eigenvalue weighted by Crippen LogP contribution is -2.30. The summed E-state index contributed by atoms with van der Waals surface area (Å²) < 4.78 is 0. The Labute approximate surface area is 84.1 Å². The molecule has 0 saturated heterocycles. The highest BCUT2D eigenvalue weighted by Gasteiger charge is 2.44. The van der Waals surface area contributed by atoms with Gasteiger partial charge in [0, 0.05) is 0 Å². The first kappa shape index (κ1) is 11.1. The van der Waals surface area contributed by atoms with Gasteiger partial charge in [-0.2, -0.15) is 0 Å². The first-order valence-electron chi connectivity index (χ1n) is 6.23. The van der Waals surface area contributed by atoms with E-state index in [1.54, 1.807) is 0 Å². The van der Waals surface area contributed by atoms with E-state index in [9.17, 15) is 0 Å². The molecule has 2 aliphatic rings. The monoisotopic (exact) mass is 182 g/mol. The summed E-state index contributed by atoms with van der Waals surface area (Å²) in [6, 6.07) is 0. The van der Waals surface area contributed by atoms with E-state index >= 15 is 0 Å². The fourth-order valence-electron chi connectivity index (χ4n) is 3.33. The third kappa shape index (κ3) is 1.92. The topological polar surface area (TPSA) is 0 Å². The van der Waals surface area contributed by atoms with Crippen molar-refractivity contribution in [2.75, 3.05) is 0 Å². The predicted octanol–water partition coefficient (Wildman–Crippen LogP) is 4.64. The van der Waals surface area contributed by atoms with Crippen LogP contribution in [-0.2, 0) is 0 Å². The van der Waals surface area contributed by atoms with E-state index in [0.717, 1.165) is 17.3 Å². The summed E-state index contributed by atoms with van der Waals surface area (Å²) in [5.41, 5.74) is 0.748. The summed E-state index contributed by atoms with van der Waals surface area (Å²) in [5.74, 6) is 2.10. The molecule has 2 fully saturated rings. The summed E-state index contributed by atoms with van der Waals surface area (Å²) in [6.07, 6.45) is 9.07. The average molecular weight is 182 g/mol. The Bertz CT molecular complexity index is 148. The van der Waals surface area contributed by atoms with Crippen LogP contribution >= 0.6 is 0 Å². The minimum atomic E-state index is 0.748. The molecule has 0 heterocycles. The van der Waals surface area contributed by atoms with E-state index in [4.69, 9.17) is 0 Å². The normalized spacial score (nSPS) is 43.4. The van der Waals surface area contributed by atoms with Crippen molar-refractivity contribution in [2.24, 2.45) is 17.3 Å². The van der Waals surface area contributed by atoms with E-state index in [1.807, 2.05) is 13.8 Å². The lowest BCUT2D eigenvalue weighted by Gasteiger charge is -2.39. The van der Waals surface area contributed by atoms with Crippen LogP contribution in [0.15, 0.2) is 0 Å². The second-order valence-electron chi connectivity index (χ2n) is 4.93. The molecule has 0 aromatic heterocycles. The SMILES string of the molecule is CC.CC1CCC2CCCCC12C. The highest BCUT2D eigenvalue weighted by molar-refractivity contribution is 4.95. The maximum atomic E-state index is 2.54. The molecule has 0 aromatic rings. The maximum absolute atomic E-state index is 2.54. The summed E-state index contributed by atoms with van der Waals surface area (Å²) in [7, 11) is 0. The molecule has 0 bridgehead atoms. The largest absolute Gasteiger partial charge is 0.0683 e. The van der Waals surface area contributed by atoms with E-state index in [-0.39, 0.29) is 0 Å². The highest BCUT2D eigenvalue weighted by Crippen LogP contribution is 2.54. The Morgan fingerprint density at radius 3 is 2.31 bits per heavy atom. The number of hydrogen-bond donors (Lipinski definition) is 0. The predicted molar refractivity (Wildman–Crippen MR) is 59.8 cm³/mol.